The van der Waals surface area contributed by atoms with E-state index in [1.165, 1.54) is 29.8 Å². The number of hydrogen-bond donors (Lipinski definition) is 2. The minimum Gasteiger partial charge on any atom is -0.390 e. The first-order valence-electron chi connectivity index (χ1n) is 12.9. The van der Waals surface area contributed by atoms with Crippen LogP contribution in [-0.4, -0.2) is 66.8 Å². The fourth-order valence-electron chi connectivity index (χ4n) is 4.90. The molecule has 0 spiro atoms. The number of piperazine rings is 1. The Labute approximate surface area is 213 Å². The summed E-state index contributed by atoms with van der Waals surface area (Å²) in [6.07, 6.45) is 1.51. The van der Waals surface area contributed by atoms with Crippen LogP contribution in [0.4, 0.5) is 14.5 Å². The van der Waals surface area contributed by atoms with Gasteiger partial charge >= 0.3 is 0 Å². The molecule has 1 unspecified atom stereocenters. The van der Waals surface area contributed by atoms with Gasteiger partial charge in [0.2, 0.25) is 0 Å². The monoisotopic (exact) mass is 493 g/mol. The summed E-state index contributed by atoms with van der Waals surface area (Å²) in [7, 11) is 0. The quantitative estimate of drug-likeness (QED) is 0.381. The zero-order valence-electron chi connectivity index (χ0n) is 21.0. The van der Waals surface area contributed by atoms with Gasteiger partial charge in [-0.15, -0.1) is 0 Å². The lowest BCUT2D eigenvalue weighted by atomic mass is 9.87. The summed E-state index contributed by atoms with van der Waals surface area (Å²) < 4.78 is 26.9. The molecule has 0 saturated carbocycles. The number of anilines is 1. The molecule has 6 heteroatoms. The molecule has 192 valence electrons. The molecular formula is C30H37F2N3O. The number of benzene rings is 3. The van der Waals surface area contributed by atoms with Crippen molar-refractivity contribution in [3.05, 3.63) is 101 Å². The van der Waals surface area contributed by atoms with Crippen LogP contribution in [0.25, 0.3) is 0 Å². The molecule has 0 radical (unpaired) electrons. The van der Waals surface area contributed by atoms with E-state index in [1.807, 2.05) is 36.4 Å². The van der Waals surface area contributed by atoms with Crippen molar-refractivity contribution in [3.8, 4) is 0 Å². The van der Waals surface area contributed by atoms with Crippen molar-refractivity contribution >= 4 is 5.69 Å². The minimum absolute atomic E-state index is 0.115. The van der Waals surface area contributed by atoms with Gasteiger partial charge in [0, 0.05) is 50.9 Å². The first kappa shape index (κ1) is 26.3. The van der Waals surface area contributed by atoms with Gasteiger partial charge in [0.15, 0.2) is 0 Å². The van der Waals surface area contributed by atoms with Crippen LogP contribution >= 0.6 is 0 Å². The number of nitrogens with one attached hydrogen (secondary N) is 1. The Hall–Kier alpha value is -2.80. The Bertz CT molecular complexity index is 1000. The molecule has 1 atom stereocenters. The fraction of sp³-hybridized carbons (Fsp3) is 0.400. The maximum Gasteiger partial charge on any atom is 0.123 e. The average Bonchev–Trinajstić information content (AvgIpc) is 2.89. The van der Waals surface area contributed by atoms with Crippen LogP contribution in [0.3, 0.4) is 0 Å². The van der Waals surface area contributed by atoms with Gasteiger partial charge in [0.1, 0.15) is 11.6 Å². The Kier molecular flexibility index (Phi) is 9.45. The number of rotatable bonds is 11. The standard InChI is InChI=1S/C30H37F2N3O/c1-23-4-14-28(15-5-23)33-21-29(36)22-35-19-17-34(18-20-35)16-2-3-30(24-6-10-26(31)11-7-24)25-8-12-27(32)13-9-25/h4-15,29-30,33,36H,2-3,16-22H2,1H3. The van der Waals surface area contributed by atoms with Gasteiger partial charge in [-0.1, -0.05) is 42.0 Å². The Morgan fingerprint density at radius 3 is 1.86 bits per heavy atom. The maximum atomic E-state index is 13.5. The van der Waals surface area contributed by atoms with Crippen LogP contribution < -0.4 is 5.32 Å². The predicted octanol–water partition coefficient (Wildman–Crippen LogP) is 5.28. The summed E-state index contributed by atoms with van der Waals surface area (Å²) >= 11 is 0. The number of nitrogens with zero attached hydrogens (tertiary/aromatic N) is 2. The highest BCUT2D eigenvalue weighted by Gasteiger charge is 2.20. The molecule has 1 aliphatic heterocycles. The predicted molar refractivity (Wildman–Crippen MR) is 142 cm³/mol. The van der Waals surface area contributed by atoms with E-state index in [-0.39, 0.29) is 17.6 Å². The highest BCUT2D eigenvalue weighted by Crippen LogP contribution is 2.30. The van der Waals surface area contributed by atoms with Crippen molar-refractivity contribution in [2.45, 2.75) is 31.8 Å². The van der Waals surface area contributed by atoms with Crippen LogP contribution in [-0.2, 0) is 0 Å². The second-order valence-corrected chi connectivity index (χ2v) is 9.84. The van der Waals surface area contributed by atoms with Crippen LogP contribution in [0, 0.1) is 18.6 Å². The first-order valence-corrected chi connectivity index (χ1v) is 12.9. The van der Waals surface area contributed by atoms with E-state index in [2.05, 4.69) is 34.2 Å². The van der Waals surface area contributed by atoms with E-state index in [1.54, 1.807) is 0 Å². The summed E-state index contributed by atoms with van der Waals surface area (Å²) in [6.45, 7) is 8.12. The molecule has 4 nitrogen and oxygen atoms in total. The lowest BCUT2D eigenvalue weighted by Crippen LogP contribution is -2.49. The zero-order valence-corrected chi connectivity index (χ0v) is 21.0. The maximum absolute atomic E-state index is 13.5. The third kappa shape index (κ3) is 7.85. The minimum atomic E-state index is -0.412. The molecule has 4 rings (SSSR count). The van der Waals surface area contributed by atoms with Crippen molar-refractivity contribution < 1.29 is 13.9 Å². The van der Waals surface area contributed by atoms with Gasteiger partial charge < -0.3 is 15.3 Å². The fourth-order valence-corrected chi connectivity index (χ4v) is 4.90. The van der Waals surface area contributed by atoms with Crippen molar-refractivity contribution in [3.63, 3.8) is 0 Å². The average molecular weight is 494 g/mol. The van der Waals surface area contributed by atoms with E-state index >= 15 is 0 Å². The smallest absolute Gasteiger partial charge is 0.123 e. The number of aliphatic hydroxyl groups excluding tert-OH is 1. The molecule has 1 saturated heterocycles. The number of aryl methyl sites for hydroxylation is 1. The topological polar surface area (TPSA) is 38.7 Å². The molecule has 3 aromatic carbocycles. The van der Waals surface area contributed by atoms with E-state index in [0.717, 1.165) is 62.4 Å². The number of hydrogen-bond acceptors (Lipinski definition) is 4. The summed E-state index contributed by atoms with van der Waals surface area (Å²) in [4.78, 5) is 4.80. The SMILES string of the molecule is Cc1ccc(NCC(O)CN2CCN(CCCC(c3ccc(F)cc3)c3ccc(F)cc3)CC2)cc1. The molecule has 3 aromatic rings. The van der Waals surface area contributed by atoms with Crippen molar-refractivity contribution in [2.75, 3.05) is 51.1 Å². The Balaban J connectivity index is 1.20. The lowest BCUT2D eigenvalue weighted by Gasteiger charge is -2.36. The molecule has 1 heterocycles. The third-order valence-corrected chi connectivity index (χ3v) is 7.04. The summed E-state index contributed by atoms with van der Waals surface area (Å²) in [5, 5.41) is 13.8. The zero-order chi connectivity index (χ0) is 25.3. The van der Waals surface area contributed by atoms with Crippen molar-refractivity contribution in [1.82, 2.24) is 9.80 Å². The summed E-state index contributed by atoms with van der Waals surface area (Å²) in [5.41, 5.74) is 4.37. The Morgan fingerprint density at radius 1 is 0.778 bits per heavy atom. The van der Waals surface area contributed by atoms with E-state index < -0.39 is 6.10 Å². The van der Waals surface area contributed by atoms with Gasteiger partial charge in [0.05, 0.1) is 6.10 Å². The summed E-state index contributed by atoms with van der Waals surface area (Å²) in [6, 6.07) is 21.5. The lowest BCUT2D eigenvalue weighted by molar-refractivity contribution is 0.0776. The Morgan fingerprint density at radius 2 is 1.31 bits per heavy atom. The number of halogens is 2. The molecule has 36 heavy (non-hydrogen) atoms. The molecular weight excluding hydrogens is 456 g/mol. The number of β-amino-alcohol motifs (C(OH)–C–C–N with tert-alkyl or cyclic N) is 1. The summed E-state index contributed by atoms with van der Waals surface area (Å²) in [5.74, 6) is -0.375. The molecule has 0 bridgehead atoms. The van der Waals surface area contributed by atoms with Crippen LogP contribution in [0.5, 0.6) is 0 Å². The third-order valence-electron chi connectivity index (χ3n) is 7.04. The first-order chi connectivity index (χ1) is 17.5. The van der Waals surface area contributed by atoms with Crippen LogP contribution in [0.15, 0.2) is 72.8 Å². The van der Waals surface area contributed by atoms with E-state index in [4.69, 9.17) is 0 Å². The van der Waals surface area contributed by atoms with Gasteiger partial charge in [-0.25, -0.2) is 8.78 Å². The number of aliphatic hydroxyl groups is 1. The molecule has 2 N–H and O–H groups in total. The van der Waals surface area contributed by atoms with Gasteiger partial charge in [-0.2, -0.15) is 0 Å². The molecule has 0 aromatic heterocycles. The van der Waals surface area contributed by atoms with Gasteiger partial charge in [-0.05, 0) is 73.8 Å². The molecule has 1 fully saturated rings. The normalized spacial score (nSPS) is 15.8. The molecule has 0 amide bonds. The molecule has 1 aliphatic rings. The van der Waals surface area contributed by atoms with Gasteiger partial charge in [0.25, 0.3) is 0 Å². The van der Waals surface area contributed by atoms with E-state index in [9.17, 15) is 13.9 Å². The highest BCUT2D eigenvalue weighted by molar-refractivity contribution is 5.44. The largest absolute Gasteiger partial charge is 0.390 e. The van der Waals surface area contributed by atoms with Crippen LogP contribution in [0.1, 0.15) is 35.4 Å². The van der Waals surface area contributed by atoms with Crippen molar-refractivity contribution in [2.24, 2.45) is 0 Å². The van der Waals surface area contributed by atoms with Crippen molar-refractivity contribution in [1.29, 1.82) is 0 Å². The van der Waals surface area contributed by atoms with Crippen LogP contribution in [0.2, 0.25) is 0 Å². The molecule has 0 aliphatic carbocycles. The highest BCUT2D eigenvalue weighted by atomic mass is 19.1. The van der Waals surface area contributed by atoms with E-state index in [0.29, 0.717) is 13.1 Å². The van der Waals surface area contributed by atoms with Gasteiger partial charge in [-0.3, -0.25) is 4.90 Å². The second kappa shape index (κ2) is 12.9. The second-order valence-electron chi connectivity index (χ2n) is 9.84.